The van der Waals surface area contributed by atoms with Crippen LogP contribution >= 0.6 is 11.8 Å². The molecule has 0 unspecified atom stereocenters. The topological polar surface area (TPSA) is 101 Å². The van der Waals surface area contributed by atoms with Gasteiger partial charge in [0.15, 0.2) is 5.16 Å². The van der Waals surface area contributed by atoms with E-state index in [1.165, 1.54) is 13.2 Å². The van der Waals surface area contributed by atoms with Crippen molar-refractivity contribution < 1.29 is 14.3 Å². The van der Waals surface area contributed by atoms with Crippen LogP contribution in [0.3, 0.4) is 0 Å². The zero-order valence-corrected chi connectivity index (χ0v) is 14.1. The Morgan fingerprint density at radius 2 is 2.12 bits per heavy atom. The van der Waals surface area contributed by atoms with Gasteiger partial charge in [-0.3, -0.25) is 14.4 Å². The number of H-pyrrole nitrogens is 1. The number of carbonyl (C=O) groups is 2. The van der Waals surface area contributed by atoms with E-state index < -0.39 is 5.97 Å². The molecule has 1 amide bonds. The number of thioether (sulfide) groups is 1. The largest absolute Gasteiger partial charge is 0.469 e. The van der Waals surface area contributed by atoms with Crippen LogP contribution in [0.5, 0.6) is 0 Å². The number of rotatable bonds is 6. The van der Waals surface area contributed by atoms with E-state index in [9.17, 15) is 14.4 Å². The van der Waals surface area contributed by atoms with E-state index in [1.54, 1.807) is 6.07 Å². The van der Waals surface area contributed by atoms with Crippen LogP contribution in [0.1, 0.15) is 11.3 Å². The molecule has 126 valence electrons. The Labute approximate surface area is 142 Å². The van der Waals surface area contributed by atoms with Gasteiger partial charge in [-0.1, -0.05) is 23.9 Å². The molecular weight excluding hydrogens is 330 g/mol. The minimum absolute atomic E-state index is 0.0819. The summed E-state index contributed by atoms with van der Waals surface area (Å²) in [6.45, 7) is 1.94. The van der Waals surface area contributed by atoms with Gasteiger partial charge < -0.3 is 15.0 Å². The van der Waals surface area contributed by atoms with E-state index in [4.69, 9.17) is 0 Å². The molecule has 1 aromatic heterocycles. The van der Waals surface area contributed by atoms with E-state index in [0.29, 0.717) is 11.4 Å². The van der Waals surface area contributed by atoms with Crippen molar-refractivity contribution in [1.29, 1.82) is 0 Å². The number of aromatic amines is 1. The van der Waals surface area contributed by atoms with Gasteiger partial charge >= 0.3 is 5.97 Å². The van der Waals surface area contributed by atoms with Crippen molar-refractivity contribution in [2.24, 2.45) is 0 Å². The Hall–Kier alpha value is -2.61. The zero-order valence-electron chi connectivity index (χ0n) is 13.3. The van der Waals surface area contributed by atoms with Crippen molar-refractivity contribution in [1.82, 2.24) is 9.97 Å². The zero-order chi connectivity index (χ0) is 17.5. The molecule has 0 bridgehead atoms. The minimum Gasteiger partial charge on any atom is -0.469 e. The van der Waals surface area contributed by atoms with Gasteiger partial charge in [0.25, 0.3) is 5.56 Å². The number of methoxy groups -OCH3 is 1. The summed E-state index contributed by atoms with van der Waals surface area (Å²) in [7, 11) is 1.26. The summed E-state index contributed by atoms with van der Waals surface area (Å²) in [4.78, 5) is 41.5. The number of hydrogen-bond acceptors (Lipinski definition) is 6. The fraction of sp³-hybridized carbons (Fsp3) is 0.250. The maximum absolute atomic E-state index is 12.0. The molecule has 1 heterocycles. The van der Waals surface area contributed by atoms with Crippen LogP contribution in [0.4, 0.5) is 5.69 Å². The quantitative estimate of drug-likeness (QED) is 0.467. The monoisotopic (exact) mass is 347 g/mol. The van der Waals surface area contributed by atoms with Crippen LogP contribution < -0.4 is 10.9 Å². The number of anilines is 1. The average molecular weight is 347 g/mol. The number of hydrogen-bond donors (Lipinski definition) is 2. The molecule has 0 aliphatic rings. The molecule has 2 rings (SSSR count). The Kier molecular flexibility index (Phi) is 6.14. The van der Waals surface area contributed by atoms with Crippen LogP contribution in [0, 0.1) is 6.92 Å². The van der Waals surface area contributed by atoms with Crippen molar-refractivity contribution in [3.05, 3.63) is 51.9 Å². The molecule has 1 aromatic carbocycles. The second kappa shape index (κ2) is 8.30. The van der Waals surface area contributed by atoms with Gasteiger partial charge in [0.2, 0.25) is 5.91 Å². The maximum Gasteiger partial charge on any atom is 0.311 e. The summed E-state index contributed by atoms with van der Waals surface area (Å²) in [5, 5.41) is 3.05. The first-order valence-electron chi connectivity index (χ1n) is 7.12. The number of aromatic nitrogens is 2. The number of nitrogens with zero attached hydrogens (tertiary/aromatic N) is 1. The predicted molar refractivity (Wildman–Crippen MR) is 91.1 cm³/mol. The van der Waals surface area contributed by atoms with Crippen molar-refractivity contribution in [3.63, 3.8) is 0 Å². The SMILES string of the molecule is COC(=O)Cc1cc(=O)[nH]c(SCC(=O)Nc2cccc(C)c2)n1. The van der Waals surface area contributed by atoms with Crippen LogP contribution in [0.25, 0.3) is 0 Å². The van der Waals surface area contributed by atoms with Gasteiger partial charge in [-0.25, -0.2) is 4.98 Å². The summed E-state index contributed by atoms with van der Waals surface area (Å²) >= 11 is 1.08. The lowest BCUT2D eigenvalue weighted by Crippen LogP contribution is -2.17. The number of esters is 1. The molecule has 2 N–H and O–H groups in total. The lowest BCUT2D eigenvalue weighted by Gasteiger charge is -2.06. The summed E-state index contributed by atoms with van der Waals surface area (Å²) in [6.07, 6.45) is -0.0938. The Balaban J connectivity index is 1.97. The molecule has 0 saturated heterocycles. The van der Waals surface area contributed by atoms with E-state index in [1.807, 2.05) is 25.1 Å². The lowest BCUT2D eigenvalue weighted by atomic mass is 10.2. The van der Waals surface area contributed by atoms with E-state index in [-0.39, 0.29) is 28.8 Å². The summed E-state index contributed by atoms with van der Waals surface area (Å²) in [5.74, 6) is -0.619. The smallest absolute Gasteiger partial charge is 0.311 e. The standard InChI is InChI=1S/C16H17N3O4S/c1-10-4-3-5-11(6-10)17-14(21)9-24-16-18-12(7-13(20)19-16)8-15(22)23-2/h3-7H,8-9H2,1-2H3,(H,17,21)(H,18,19,20). The molecule has 0 atom stereocenters. The Morgan fingerprint density at radius 3 is 2.83 bits per heavy atom. The molecule has 0 aliphatic heterocycles. The molecule has 7 nitrogen and oxygen atoms in total. The highest BCUT2D eigenvalue weighted by Gasteiger charge is 2.10. The van der Waals surface area contributed by atoms with E-state index in [0.717, 1.165) is 17.3 Å². The Morgan fingerprint density at radius 1 is 1.33 bits per heavy atom. The predicted octanol–water partition coefficient (Wildman–Crippen LogP) is 1.52. The van der Waals surface area contributed by atoms with E-state index >= 15 is 0 Å². The van der Waals surface area contributed by atoms with Gasteiger partial charge in [0, 0.05) is 11.8 Å². The molecule has 8 heteroatoms. The fourth-order valence-corrected chi connectivity index (χ4v) is 2.61. The van der Waals surface area contributed by atoms with Gasteiger partial charge in [0.1, 0.15) is 0 Å². The number of nitrogens with one attached hydrogen (secondary N) is 2. The van der Waals surface area contributed by atoms with Crippen molar-refractivity contribution in [2.75, 3.05) is 18.2 Å². The van der Waals surface area contributed by atoms with Crippen molar-refractivity contribution in [2.45, 2.75) is 18.5 Å². The average Bonchev–Trinajstić information content (AvgIpc) is 2.52. The van der Waals surface area contributed by atoms with Gasteiger partial charge in [0.05, 0.1) is 25.0 Å². The molecule has 0 saturated carbocycles. The van der Waals surface area contributed by atoms with Crippen LogP contribution in [-0.4, -0.2) is 34.7 Å². The first-order valence-corrected chi connectivity index (χ1v) is 8.11. The van der Waals surface area contributed by atoms with Gasteiger partial charge in [-0.05, 0) is 24.6 Å². The third-order valence-corrected chi connectivity index (χ3v) is 3.84. The number of benzene rings is 1. The maximum atomic E-state index is 12.0. The number of ether oxygens (including phenoxy) is 1. The highest BCUT2D eigenvalue weighted by atomic mass is 32.2. The summed E-state index contributed by atoms with van der Waals surface area (Å²) in [5.41, 5.74) is 1.67. The van der Waals surface area contributed by atoms with Crippen molar-refractivity contribution >= 4 is 29.3 Å². The van der Waals surface area contributed by atoms with Crippen molar-refractivity contribution in [3.8, 4) is 0 Å². The molecule has 24 heavy (non-hydrogen) atoms. The highest BCUT2D eigenvalue weighted by molar-refractivity contribution is 7.99. The second-order valence-electron chi connectivity index (χ2n) is 5.00. The molecule has 0 radical (unpaired) electrons. The molecular formula is C16H17N3O4S. The Bertz CT molecular complexity index is 804. The summed E-state index contributed by atoms with van der Waals surface area (Å²) < 4.78 is 4.55. The molecule has 0 spiro atoms. The first-order chi connectivity index (χ1) is 11.5. The third-order valence-electron chi connectivity index (χ3n) is 2.97. The fourth-order valence-electron chi connectivity index (χ4n) is 1.92. The number of aryl methyl sites for hydroxylation is 1. The van der Waals surface area contributed by atoms with Crippen LogP contribution in [0.2, 0.25) is 0 Å². The lowest BCUT2D eigenvalue weighted by molar-refractivity contribution is -0.139. The van der Waals surface area contributed by atoms with Crippen LogP contribution in [0.15, 0.2) is 40.3 Å². The highest BCUT2D eigenvalue weighted by Crippen LogP contribution is 2.14. The van der Waals surface area contributed by atoms with Crippen LogP contribution in [-0.2, 0) is 20.7 Å². The number of amides is 1. The molecule has 0 fully saturated rings. The molecule has 2 aromatic rings. The number of carbonyl (C=O) groups excluding carboxylic acids is 2. The van der Waals surface area contributed by atoms with Gasteiger partial charge in [-0.2, -0.15) is 0 Å². The third kappa shape index (κ3) is 5.54. The minimum atomic E-state index is -0.485. The van der Waals surface area contributed by atoms with Gasteiger partial charge in [-0.15, -0.1) is 0 Å². The normalized spacial score (nSPS) is 10.2. The van der Waals surface area contributed by atoms with E-state index in [2.05, 4.69) is 20.0 Å². The molecule has 0 aliphatic carbocycles. The summed E-state index contributed by atoms with van der Waals surface area (Å²) in [6, 6.07) is 8.68. The first kappa shape index (κ1) is 17.7. The second-order valence-corrected chi connectivity index (χ2v) is 5.97.